The lowest BCUT2D eigenvalue weighted by atomic mass is 10.0. The molecule has 0 saturated carbocycles. The van der Waals surface area contributed by atoms with Crippen LogP contribution in [0.4, 0.5) is 10.1 Å². The molecule has 1 atom stereocenters. The number of hydrogen-bond donors (Lipinski definition) is 2. The van der Waals surface area contributed by atoms with Crippen molar-refractivity contribution in [1.29, 1.82) is 0 Å². The molecule has 6 heteroatoms. The summed E-state index contributed by atoms with van der Waals surface area (Å²) in [5, 5.41) is 12.2. The molecular weight excluding hydrogens is 229 g/mol. The third-order valence-electron chi connectivity index (χ3n) is 2.55. The molecule has 2 rings (SSSR count). The number of aliphatic hydroxyl groups excluding tert-OH is 1. The van der Waals surface area contributed by atoms with Crippen LogP contribution in [0.3, 0.4) is 0 Å². The Morgan fingerprint density at radius 2 is 2.29 bits per heavy atom. The molecule has 0 bridgehead atoms. The van der Waals surface area contributed by atoms with Crippen molar-refractivity contribution >= 4 is 17.6 Å². The number of halogens is 1. The molecule has 1 aliphatic heterocycles. The molecule has 2 N–H and O–H groups in total. The summed E-state index contributed by atoms with van der Waals surface area (Å²) in [6, 6.07) is 2.20. The van der Waals surface area contributed by atoms with Crippen LogP contribution in [0.2, 0.25) is 0 Å². The first kappa shape index (κ1) is 11.5. The van der Waals surface area contributed by atoms with E-state index in [9.17, 15) is 19.1 Å². The Hall–Kier alpha value is -1.95. The molecule has 1 amide bonds. The molecule has 0 saturated heterocycles. The van der Waals surface area contributed by atoms with Gasteiger partial charge in [0.05, 0.1) is 19.2 Å². The zero-order valence-electron chi connectivity index (χ0n) is 8.99. The van der Waals surface area contributed by atoms with Gasteiger partial charge in [0.1, 0.15) is 5.82 Å². The van der Waals surface area contributed by atoms with E-state index in [0.717, 1.165) is 13.2 Å². The zero-order valence-corrected chi connectivity index (χ0v) is 8.99. The lowest BCUT2D eigenvalue weighted by Gasteiger charge is -2.13. The molecule has 1 aromatic carbocycles. The van der Waals surface area contributed by atoms with Crippen molar-refractivity contribution in [1.82, 2.24) is 0 Å². The van der Waals surface area contributed by atoms with Gasteiger partial charge in [-0.1, -0.05) is 0 Å². The summed E-state index contributed by atoms with van der Waals surface area (Å²) in [6.45, 7) is 0. The van der Waals surface area contributed by atoms with E-state index in [2.05, 4.69) is 10.1 Å². The molecule has 0 aromatic heterocycles. The number of ether oxygens (including phenoxy) is 1. The van der Waals surface area contributed by atoms with E-state index in [1.54, 1.807) is 0 Å². The first-order chi connectivity index (χ1) is 8.02. The number of fused-ring (bicyclic) bond motifs is 1. The predicted molar refractivity (Wildman–Crippen MR) is 55.7 cm³/mol. The van der Waals surface area contributed by atoms with Crippen LogP contribution in [0.1, 0.15) is 17.2 Å². The van der Waals surface area contributed by atoms with Crippen molar-refractivity contribution in [2.45, 2.75) is 12.5 Å². The van der Waals surface area contributed by atoms with Crippen molar-refractivity contribution in [3.05, 3.63) is 29.1 Å². The molecule has 1 unspecified atom stereocenters. The van der Waals surface area contributed by atoms with Gasteiger partial charge >= 0.3 is 5.97 Å². The SMILES string of the molecule is COC(=O)C(O)c1cc(F)cc2c1NC(=O)C2. The quantitative estimate of drug-likeness (QED) is 0.738. The number of amides is 1. The number of carbonyl (C=O) groups is 2. The molecular formula is C11H10FNO4. The van der Waals surface area contributed by atoms with Crippen molar-refractivity contribution in [3.63, 3.8) is 0 Å². The molecule has 0 radical (unpaired) electrons. The third-order valence-corrected chi connectivity index (χ3v) is 2.55. The minimum atomic E-state index is -1.61. The highest BCUT2D eigenvalue weighted by Crippen LogP contribution is 2.32. The Morgan fingerprint density at radius 3 is 2.94 bits per heavy atom. The van der Waals surface area contributed by atoms with Crippen LogP contribution in [0, 0.1) is 5.82 Å². The highest BCUT2D eigenvalue weighted by atomic mass is 19.1. The van der Waals surface area contributed by atoms with E-state index >= 15 is 0 Å². The smallest absolute Gasteiger partial charge is 0.339 e. The number of benzene rings is 1. The minimum Gasteiger partial charge on any atom is -0.467 e. The Labute approximate surface area is 96.2 Å². The monoisotopic (exact) mass is 239 g/mol. The summed E-state index contributed by atoms with van der Waals surface area (Å²) < 4.78 is 17.6. The van der Waals surface area contributed by atoms with Crippen molar-refractivity contribution in [2.24, 2.45) is 0 Å². The molecule has 0 spiro atoms. The van der Waals surface area contributed by atoms with Gasteiger partial charge in [-0.25, -0.2) is 9.18 Å². The van der Waals surface area contributed by atoms with E-state index in [-0.39, 0.29) is 23.6 Å². The number of aliphatic hydroxyl groups is 1. The van der Waals surface area contributed by atoms with Gasteiger partial charge in [-0.2, -0.15) is 0 Å². The molecule has 1 heterocycles. The number of rotatable bonds is 2. The fraction of sp³-hybridized carbons (Fsp3) is 0.273. The second-order valence-corrected chi connectivity index (χ2v) is 3.68. The molecule has 1 aromatic rings. The number of anilines is 1. The average molecular weight is 239 g/mol. The molecule has 1 aliphatic rings. The maximum absolute atomic E-state index is 13.3. The molecule has 0 aliphatic carbocycles. The summed E-state index contributed by atoms with van der Waals surface area (Å²) in [6.07, 6.45) is -1.57. The van der Waals surface area contributed by atoms with Gasteiger partial charge in [-0.15, -0.1) is 0 Å². The van der Waals surface area contributed by atoms with Gasteiger partial charge in [-0.05, 0) is 17.7 Å². The summed E-state index contributed by atoms with van der Waals surface area (Å²) in [5.41, 5.74) is 0.722. The molecule has 5 nitrogen and oxygen atoms in total. The van der Waals surface area contributed by atoms with E-state index in [1.165, 1.54) is 6.07 Å². The van der Waals surface area contributed by atoms with Crippen molar-refractivity contribution in [2.75, 3.05) is 12.4 Å². The van der Waals surface area contributed by atoms with Gasteiger partial charge in [0, 0.05) is 5.56 Å². The van der Waals surface area contributed by atoms with Gasteiger partial charge in [0.2, 0.25) is 5.91 Å². The Kier molecular flexibility index (Phi) is 2.81. The van der Waals surface area contributed by atoms with E-state index in [4.69, 9.17) is 0 Å². The molecule has 0 fully saturated rings. The summed E-state index contributed by atoms with van der Waals surface area (Å²) in [5.74, 6) is -1.82. The fourth-order valence-corrected chi connectivity index (χ4v) is 1.79. The normalized spacial score (nSPS) is 15.1. The van der Waals surface area contributed by atoms with Crippen LogP contribution in [-0.4, -0.2) is 24.1 Å². The largest absolute Gasteiger partial charge is 0.467 e. The highest BCUT2D eigenvalue weighted by molar-refractivity contribution is 6.01. The van der Waals surface area contributed by atoms with E-state index < -0.39 is 17.9 Å². The maximum atomic E-state index is 13.3. The summed E-state index contributed by atoms with van der Waals surface area (Å²) in [4.78, 5) is 22.4. The minimum absolute atomic E-state index is 0.0118. The lowest BCUT2D eigenvalue weighted by Crippen LogP contribution is -2.15. The number of hydrogen-bond acceptors (Lipinski definition) is 4. The predicted octanol–water partition coefficient (Wildman–Crippen LogP) is 0.527. The van der Waals surface area contributed by atoms with Gasteiger partial charge < -0.3 is 15.2 Å². The van der Waals surface area contributed by atoms with Crippen LogP contribution >= 0.6 is 0 Å². The lowest BCUT2D eigenvalue weighted by molar-refractivity contribution is -0.150. The van der Waals surface area contributed by atoms with Crippen LogP contribution in [0.15, 0.2) is 12.1 Å². The number of carbonyl (C=O) groups excluding carboxylic acids is 2. The first-order valence-corrected chi connectivity index (χ1v) is 4.91. The Balaban J connectivity index is 2.48. The second kappa shape index (κ2) is 4.14. The standard InChI is InChI=1S/C11H10FNO4/c1-17-11(16)10(15)7-4-6(12)2-5-3-8(14)13-9(5)7/h2,4,10,15H,3H2,1H3,(H,13,14). The zero-order chi connectivity index (χ0) is 12.6. The van der Waals surface area contributed by atoms with Crippen molar-refractivity contribution < 1.29 is 23.8 Å². The first-order valence-electron chi connectivity index (χ1n) is 4.91. The number of methoxy groups -OCH3 is 1. The molecule has 17 heavy (non-hydrogen) atoms. The van der Waals surface area contributed by atoms with E-state index in [0.29, 0.717) is 5.56 Å². The Morgan fingerprint density at radius 1 is 1.59 bits per heavy atom. The van der Waals surface area contributed by atoms with Crippen LogP contribution in [0.5, 0.6) is 0 Å². The fourth-order valence-electron chi connectivity index (χ4n) is 1.79. The van der Waals surface area contributed by atoms with Crippen LogP contribution in [-0.2, 0) is 20.7 Å². The van der Waals surface area contributed by atoms with Crippen LogP contribution < -0.4 is 5.32 Å². The third kappa shape index (κ3) is 1.99. The van der Waals surface area contributed by atoms with E-state index in [1.807, 2.05) is 0 Å². The number of nitrogens with one attached hydrogen (secondary N) is 1. The summed E-state index contributed by atoms with van der Waals surface area (Å²) >= 11 is 0. The Bertz CT molecular complexity index is 500. The van der Waals surface area contributed by atoms with Gasteiger partial charge in [-0.3, -0.25) is 4.79 Å². The average Bonchev–Trinajstić information content (AvgIpc) is 2.66. The van der Waals surface area contributed by atoms with Gasteiger partial charge in [0.15, 0.2) is 6.10 Å². The highest BCUT2D eigenvalue weighted by Gasteiger charge is 2.28. The molecule has 90 valence electrons. The topological polar surface area (TPSA) is 75.6 Å². The summed E-state index contributed by atoms with van der Waals surface area (Å²) in [7, 11) is 1.11. The maximum Gasteiger partial charge on any atom is 0.339 e. The van der Waals surface area contributed by atoms with Gasteiger partial charge in [0.25, 0.3) is 0 Å². The number of esters is 1. The second-order valence-electron chi connectivity index (χ2n) is 3.68. The van der Waals surface area contributed by atoms with Crippen LogP contribution in [0.25, 0.3) is 0 Å². The van der Waals surface area contributed by atoms with Crippen molar-refractivity contribution in [3.8, 4) is 0 Å².